The molecule has 0 spiro atoms. The summed E-state index contributed by atoms with van der Waals surface area (Å²) in [5, 5.41) is -0.462. The van der Waals surface area contributed by atoms with Crippen LogP contribution in [0.4, 0.5) is 8.78 Å². The van der Waals surface area contributed by atoms with Crippen LogP contribution in [0.1, 0.15) is 23.3 Å². The largest absolute Gasteiger partial charge is 0.494 e. The van der Waals surface area contributed by atoms with Crippen LogP contribution in [-0.2, 0) is 16.6 Å². The molecule has 0 aliphatic heterocycles. The summed E-state index contributed by atoms with van der Waals surface area (Å²) in [4.78, 5) is 0. The van der Waals surface area contributed by atoms with E-state index >= 15 is 0 Å². The molecule has 2 aromatic rings. The minimum atomic E-state index is -1.34. The highest BCUT2D eigenvalue weighted by molar-refractivity contribution is 7.84. The Morgan fingerprint density at radius 1 is 1.14 bits per heavy atom. The van der Waals surface area contributed by atoms with Crippen LogP contribution in [0.15, 0.2) is 42.5 Å². The molecule has 0 aromatic heterocycles. The van der Waals surface area contributed by atoms with Crippen molar-refractivity contribution in [2.45, 2.75) is 17.9 Å². The number of benzene rings is 2. The Bertz CT molecular complexity index is 658. The smallest absolute Gasteiger partial charge is 0.165 e. The van der Waals surface area contributed by atoms with Gasteiger partial charge in [0.05, 0.1) is 12.4 Å². The molecule has 2 aromatic carbocycles. The molecule has 0 saturated carbocycles. The number of methoxy groups -OCH3 is 1. The predicted molar refractivity (Wildman–Crippen MR) is 79.6 cm³/mol. The molecule has 0 amide bonds. The molecule has 21 heavy (non-hydrogen) atoms. The van der Waals surface area contributed by atoms with Gasteiger partial charge >= 0.3 is 0 Å². The van der Waals surface area contributed by atoms with E-state index < -0.39 is 21.9 Å². The van der Waals surface area contributed by atoms with Crippen LogP contribution in [0.2, 0.25) is 0 Å². The fourth-order valence-corrected chi connectivity index (χ4v) is 3.27. The Hall–Kier alpha value is -1.75. The zero-order valence-corrected chi connectivity index (χ0v) is 12.6. The second-order valence-electron chi connectivity index (χ2n) is 4.66. The second-order valence-corrected chi connectivity index (χ2v) is 6.41. The lowest BCUT2D eigenvalue weighted by Crippen LogP contribution is -2.07. The second kappa shape index (κ2) is 6.80. The molecule has 2 rings (SSSR count). The molecule has 0 radical (unpaired) electrons. The van der Waals surface area contributed by atoms with Crippen LogP contribution in [0.25, 0.3) is 0 Å². The van der Waals surface area contributed by atoms with Gasteiger partial charge in [-0.25, -0.2) is 8.78 Å². The van der Waals surface area contributed by atoms with Crippen molar-refractivity contribution in [3.63, 3.8) is 0 Å². The maximum absolute atomic E-state index is 13.7. The summed E-state index contributed by atoms with van der Waals surface area (Å²) in [6, 6.07) is 10.7. The predicted octanol–water partition coefficient (Wildman–Crippen LogP) is 3.98. The number of halogens is 2. The van der Waals surface area contributed by atoms with Crippen LogP contribution in [0, 0.1) is 11.6 Å². The molecule has 0 bridgehead atoms. The maximum atomic E-state index is 13.7. The first-order valence-electron chi connectivity index (χ1n) is 6.47. The molecule has 0 aliphatic rings. The van der Waals surface area contributed by atoms with Crippen molar-refractivity contribution >= 4 is 10.8 Å². The van der Waals surface area contributed by atoms with Gasteiger partial charge in [0.2, 0.25) is 0 Å². The van der Waals surface area contributed by atoms with Gasteiger partial charge in [0.15, 0.2) is 11.6 Å². The zero-order chi connectivity index (χ0) is 15.4. The van der Waals surface area contributed by atoms with E-state index in [0.29, 0.717) is 11.1 Å². The molecule has 2 nitrogen and oxygen atoms in total. The summed E-state index contributed by atoms with van der Waals surface area (Å²) in [6.45, 7) is 1.70. The van der Waals surface area contributed by atoms with Gasteiger partial charge in [0.1, 0.15) is 5.82 Å². The van der Waals surface area contributed by atoms with E-state index in [0.717, 1.165) is 0 Å². The number of hydrogen-bond acceptors (Lipinski definition) is 2. The van der Waals surface area contributed by atoms with Gasteiger partial charge < -0.3 is 4.74 Å². The highest BCUT2D eigenvalue weighted by atomic mass is 32.2. The van der Waals surface area contributed by atoms with Gasteiger partial charge in [-0.2, -0.15) is 0 Å². The summed E-state index contributed by atoms with van der Waals surface area (Å²) >= 11 is 0. The summed E-state index contributed by atoms with van der Waals surface area (Å²) in [5.41, 5.74) is 1.000. The average molecular weight is 310 g/mol. The lowest BCUT2D eigenvalue weighted by Gasteiger charge is -2.13. The first-order valence-corrected chi connectivity index (χ1v) is 7.85. The van der Waals surface area contributed by atoms with Gasteiger partial charge in [-0.1, -0.05) is 24.3 Å². The average Bonchev–Trinajstić information content (AvgIpc) is 2.47. The molecule has 0 N–H and O–H groups in total. The minimum Gasteiger partial charge on any atom is -0.494 e. The first-order chi connectivity index (χ1) is 10.0. The van der Waals surface area contributed by atoms with E-state index in [4.69, 9.17) is 4.74 Å². The van der Waals surface area contributed by atoms with E-state index in [1.54, 1.807) is 31.2 Å². The summed E-state index contributed by atoms with van der Waals surface area (Å²) in [7, 11) is 0.0441. The Labute approximate surface area is 125 Å². The topological polar surface area (TPSA) is 26.3 Å². The van der Waals surface area contributed by atoms with Crippen molar-refractivity contribution in [3.05, 3.63) is 65.2 Å². The first kappa shape index (κ1) is 15.6. The Morgan fingerprint density at radius 2 is 1.86 bits per heavy atom. The van der Waals surface area contributed by atoms with Crippen molar-refractivity contribution in [2.75, 3.05) is 7.11 Å². The molecule has 0 saturated heterocycles. The van der Waals surface area contributed by atoms with Crippen molar-refractivity contribution in [1.29, 1.82) is 0 Å². The van der Waals surface area contributed by atoms with Crippen molar-refractivity contribution in [1.82, 2.24) is 0 Å². The third-order valence-corrected chi connectivity index (χ3v) is 4.92. The van der Waals surface area contributed by atoms with Gasteiger partial charge in [0, 0.05) is 22.1 Å². The number of rotatable bonds is 5. The molecule has 2 atom stereocenters. The van der Waals surface area contributed by atoms with E-state index in [2.05, 4.69) is 0 Å². The molecule has 0 fully saturated rings. The van der Waals surface area contributed by atoms with E-state index in [1.807, 2.05) is 0 Å². The fourth-order valence-electron chi connectivity index (χ4n) is 2.04. The molecule has 0 aliphatic carbocycles. The van der Waals surface area contributed by atoms with Crippen molar-refractivity contribution in [2.24, 2.45) is 0 Å². The highest BCUT2D eigenvalue weighted by Gasteiger charge is 2.18. The number of hydrogen-bond donors (Lipinski definition) is 0. The molecule has 5 heteroatoms. The highest BCUT2D eigenvalue weighted by Crippen LogP contribution is 2.25. The molecule has 0 heterocycles. The van der Waals surface area contributed by atoms with Crippen LogP contribution in [-0.4, -0.2) is 11.3 Å². The van der Waals surface area contributed by atoms with Crippen molar-refractivity contribution in [3.8, 4) is 5.75 Å². The van der Waals surface area contributed by atoms with Gasteiger partial charge in [-0.05, 0) is 30.7 Å². The van der Waals surface area contributed by atoms with E-state index in [1.165, 1.54) is 25.3 Å². The van der Waals surface area contributed by atoms with Crippen molar-refractivity contribution < 1.29 is 17.7 Å². The van der Waals surface area contributed by atoms with Crippen LogP contribution >= 0.6 is 0 Å². The normalized spacial score (nSPS) is 13.7. The van der Waals surface area contributed by atoms with Crippen LogP contribution in [0.5, 0.6) is 5.75 Å². The van der Waals surface area contributed by atoms with E-state index in [-0.39, 0.29) is 17.3 Å². The van der Waals surface area contributed by atoms with Gasteiger partial charge in [-0.3, -0.25) is 4.21 Å². The standard InChI is InChI=1S/C16H16F2O2S/c1-11(13-5-3-4-6-14(13)17)21(19)10-12-7-8-16(20-2)15(18)9-12/h3-9,11H,10H2,1-2H3. The zero-order valence-electron chi connectivity index (χ0n) is 11.8. The van der Waals surface area contributed by atoms with E-state index in [9.17, 15) is 13.0 Å². The Morgan fingerprint density at radius 3 is 2.48 bits per heavy atom. The van der Waals surface area contributed by atoms with Gasteiger partial charge in [0.25, 0.3) is 0 Å². The monoisotopic (exact) mass is 310 g/mol. The maximum Gasteiger partial charge on any atom is 0.165 e. The third-order valence-electron chi connectivity index (χ3n) is 3.26. The number of ether oxygens (including phenoxy) is 1. The molecule has 2 unspecified atom stereocenters. The Kier molecular flexibility index (Phi) is 5.07. The molecular weight excluding hydrogens is 294 g/mol. The van der Waals surface area contributed by atoms with Gasteiger partial charge in [-0.15, -0.1) is 0 Å². The molecule has 112 valence electrons. The summed E-state index contributed by atoms with van der Waals surface area (Å²) < 4.78 is 44.5. The molecular formula is C16H16F2O2S. The minimum absolute atomic E-state index is 0.145. The Balaban J connectivity index is 2.14. The quantitative estimate of drug-likeness (QED) is 0.835. The summed E-state index contributed by atoms with van der Waals surface area (Å²) in [5.74, 6) is -0.562. The SMILES string of the molecule is COc1ccc(CS(=O)C(C)c2ccccc2F)cc1F. The summed E-state index contributed by atoms with van der Waals surface area (Å²) in [6.07, 6.45) is 0. The fraction of sp³-hybridized carbons (Fsp3) is 0.250. The van der Waals surface area contributed by atoms with Crippen LogP contribution in [0.3, 0.4) is 0 Å². The third kappa shape index (κ3) is 3.67. The lowest BCUT2D eigenvalue weighted by atomic mass is 10.1. The van der Waals surface area contributed by atoms with Crippen LogP contribution < -0.4 is 4.74 Å². The lowest BCUT2D eigenvalue weighted by molar-refractivity contribution is 0.386.